The zero-order valence-electron chi connectivity index (χ0n) is 22.1. The standard InChI is InChI=1S/C30H33N7OS/c1-36-13-15-37(16-14-36)12-4-10-31-30-32-11-9-26(35-30)28-17-21-7-8-23(19-27(21)39-28)34-29(38)18-22-20-33-25-6-3-2-5-24(22)25/h2-3,5-9,11,17,19-20,33H,4,10,12-16,18H2,1H3,(H,34,38)(H,31,32,35). The van der Waals surface area contributed by atoms with Gasteiger partial charge in [-0.25, -0.2) is 9.97 Å². The third-order valence-electron chi connectivity index (χ3n) is 7.27. The lowest BCUT2D eigenvalue weighted by Crippen LogP contribution is -2.44. The van der Waals surface area contributed by atoms with Gasteiger partial charge in [-0.2, -0.15) is 0 Å². The number of likely N-dealkylation sites (N-methyl/N-ethyl adjacent to an activating group) is 1. The van der Waals surface area contributed by atoms with Crippen molar-refractivity contribution in [3.05, 3.63) is 72.6 Å². The molecule has 1 aliphatic heterocycles. The Bertz CT molecular complexity index is 1580. The molecule has 0 aliphatic carbocycles. The number of hydrogen-bond acceptors (Lipinski definition) is 7. The van der Waals surface area contributed by atoms with Gasteiger partial charge in [0.2, 0.25) is 11.9 Å². The van der Waals surface area contributed by atoms with Crippen LogP contribution in [0.1, 0.15) is 12.0 Å². The number of nitrogens with one attached hydrogen (secondary N) is 3. The maximum atomic E-state index is 12.8. The summed E-state index contributed by atoms with van der Waals surface area (Å²) in [5, 5.41) is 8.67. The van der Waals surface area contributed by atoms with Crippen molar-refractivity contribution in [3.63, 3.8) is 0 Å². The monoisotopic (exact) mass is 539 g/mol. The van der Waals surface area contributed by atoms with E-state index in [1.165, 1.54) is 0 Å². The number of thiophene rings is 1. The molecule has 1 fully saturated rings. The molecule has 0 unspecified atom stereocenters. The number of amides is 1. The van der Waals surface area contributed by atoms with Crippen molar-refractivity contribution in [2.45, 2.75) is 12.8 Å². The Morgan fingerprint density at radius 2 is 1.95 bits per heavy atom. The SMILES string of the molecule is CN1CCN(CCCNc2nccc(-c3cc4ccc(NC(=O)Cc5c[nH]c6ccccc56)cc4s3)n2)CC1. The number of benzene rings is 2. The lowest BCUT2D eigenvalue weighted by Gasteiger charge is -2.32. The molecular formula is C30H33N7OS. The highest BCUT2D eigenvalue weighted by atomic mass is 32.1. The van der Waals surface area contributed by atoms with Gasteiger partial charge in [-0.1, -0.05) is 24.3 Å². The van der Waals surface area contributed by atoms with E-state index in [2.05, 4.69) is 49.6 Å². The largest absolute Gasteiger partial charge is 0.361 e. The number of aromatic nitrogens is 3. The minimum atomic E-state index is -0.0324. The van der Waals surface area contributed by atoms with Crippen molar-refractivity contribution in [1.82, 2.24) is 24.8 Å². The average molecular weight is 540 g/mol. The van der Waals surface area contributed by atoms with Crippen LogP contribution in [0.25, 0.3) is 31.6 Å². The summed E-state index contributed by atoms with van der Waals surface area (Å²) in [4.78, 5) is 31.2. The van der Waals surface area contributed by atoms with Crippen molar-refractivity contribution >= 4 is 49.9 Å². The second-order valence-electron chi connectivity index (χ2n) is 10.1. The van der Waals surface area contributed by atoms with Crippen LogP contribution in [0.15, 0.2) is 67.0 Å². The Hall–Kier alpha value is -3.79. The highest BCUT2D eigenvalue weighted by molar-refractivity contribution is 7.22. The van der Waals surface area contributed by atoms with Crippen molar-refractivity contribution in [2.24, 2.45) is 0 Å². The third kappa shape index (κ3) is 6.11. The van der Waals surface area contributed by atoms with Gasteiger partial charge in [0.05, 0.1) is 17.0 Å². The molecule has 1 saturated heterocycles. The van der Waals surface area contributed by atoms with Crippen LogP contribution in [0.4, 0.5) is 11.6 Å². The number of H-pyrrole nitrogens is 1. The van der Waals surface area contributed by atoms with E-state index in [-0.39, 0.29) is 5.91 Å². The summed E-state index contributed by atoms with van der Waals surface area (Å²) in [6.45, 7) is 6.52. The number of nitrogens with zero attached hydrogens (tertiary/aromatic N) is 4. The lowest BCUT2D eigenvalue weighted by atomic mass is 10.1. The third-order valence-corrected chi connectivity index (χ3v) is 8.39. The summed E-state index contributed by atoms with van der Waals surface area (Å²) in [7, 11) is 2.18. The molecule has 0 saturated carbocycles. The molecule has 3 aromatic heterocycles. The Morgan fingerprint density at radius 3 is 2.85 bits per heavy atom. The van der Waals surface area contributed by atoms with Gasteiger partial charge in [0.15, 0.2) is 0 Å². The van der Waals surface area contributed by atoms with Gasteiger partial charge >= 0.3 is 0 Å². The van der Waals surface area contributed by atoms with Crippen molar-refractivity contribution in [1.29, 1.82) is 0 Å². The van der Waals surface area contributed by atoms with Crippen molar-refractivity contribution in [3.8, 4) is 10.6 Å². The average Bonchev–Trinajstić information content (AvgIpc) is 3.56. The molecule has 200 valence electrons. The van der Waals surface area contributed by atoms with Crippen LogP contribution >= 0.6 is 11.3 Å². The predicted molar refractivity (Wildman–Crippen MR) is 161 cm³/mol. The first-order valence-corrected chi connectivity index (χ1v) is 14.3. The summed E-state index contributed by atoms with van der Waals surface area (Å²) in [5.74, 6) is 0.628. The van der Waals surface area contributed by atoms with E-state index in [9.17, 15) is 4.79 Å². The number of aromatic amines is 1. The molecule has 4 heterocycles. The quantitative estimate of drug-likeness (QED) is 0.227. The zero-order chi connectivity index (χ0) is 26.6. The second kappa shape index (κ2) is 11.5. The number of para-hydroxylation sites is 1. The van der Waals surface area contributed by atoms with Crippen LogP contribution < -0.4 is 10.6 Å². The first-order chi connectivity index (χ1) is 19.1. The molecule has 39 heavy (non-hydrogen) atoms. The highest BCUT2D eigenvalue weighted by Gasteiger charge is 2.14. The van der Waals surface area contributed by atoms with Gasteiger partial charge in [-0.3, -0.25) is 4.79 Å². The Labute approximate surface area is 232 Å². The van der Waals surface area contributed by atoms with Crippen LogP contribution in [-0.4, -0.2) is 77.0 Å². The van der Waals surface area contributed by atoms with E-state index in [0.29, 0.717) is 12.4 Å². The van der Waals surface area contributed by atoms with E-state index in [4.69, 9.17) is 4.98 Å². The highest BCUT2D eigenvalue weighted by Crippen LogP contribution is 2.34. The molecule has 0 radical (unpaired) electrons. The number of carbonyl (C=O) groups is 1. The van der Waals surface area contributed by atoms with Crippen molar-refractivity contribution in [2.75, 3.05) is 56.9 Å². The number of fused-ring (bicyclic) bond motifs is 2. The van der Waals surface area contributed by atoms with Crippen LogP contribution in [0, 0.1) is 0 Å². The van der Waals surface area contributed by atoms with Gasteiger partial charge < -0.3 is 25.4 Å². The van der Waals surface area contributed by atoms with E-state index < -0.39 is 0 Å². The Morgan fingerprint density at radius 1 is 1.08 bits per heavy atom. The fourth-order valence-corrected chi connectivity index (χ4v) is 6.12. The van der Waals surface area contributed by atoms with Crippen LogP contribution in [-0.2, 0) is 11.2 Å². The molecule has 1 amide bonds. The number of anilines is 2. The van der Waals surface area contributed by atoms with Crippen LogP contribution in [0.3, 0.4) is 0 Å². The molecule has 5 aromatic rings. The zero-order valence-corrected chi connectivity index (χ0v) is 22.9. The number of piperazine rings is 1. The Balaban J connectivity index is 1.07. The maximum Gasteiger partial charge on any atom is 0.228 e. The summed E-state index contributed by atoms with van der Waals surface area (Å²) in [6.07, 6.45) is 5.11. The molecule has 9 heteroatoms. The molecule has 8 nitrogen and oxygen atoms in total. The van der Waals surface area contributed by atoms with Crippen LogP contribution in [0.5, 0.6) is 0 Å². The molecule has 2 aromatic carbocycles. The van der Waals surface area contributed by atoms with E-state index in [1.54, 1.807) is 11.3 Å². The second-order valence-corrected chi connectivity index (χ2v) is 11.2. The van der Waals surface area contributed by atoms with Gasteiger partial charge in [0.1, 0.15) is 0 Å². The number of hydrogen-bond donors (Lipinski definition) is 3. The minimum absolute atomic E-state index is 0.0324. The summed E-state index contributed by atoms with van der Waals surface area (Å²) < 4.78 is 1.11. The van der Waals surface area contributed by atoms with E-state index >= 15 is 0 Å². The van der Waals surface area contributed by atoms with Gasteiger partial charge in [0.25, 0.3) is 0 Å². The fraction of sp³-hybridized carbons (Fsp3) is 0.300. The summed E-state index contributed by atoms with van der Waals surface area (Å²) in [6, 6.07) is 18.2. The molecular weight excluding hydrogens is 506 g/mol. The van der Waals surface area contributed by atoms with Gasteiger partial charge in [-0.05, 0) is 61.3 Å². The summed E-state index contributed by atoms with van der Waals surface area (Å²) in [5.41, 5.74) is 3.74. The molecule has 1 aliphatic rings. The molecule has 3 N–H and O–H groups in total. The first kappa shape index (κ1) is 25.5. The molecule has 0 spiro atoms. The minimum Gasteiger partial charge on any atom is -0.361 e. The Kier molecular flexibility index (Phi) is 7.53. The molecule has 0 bridgehead atoms. The normalized spacial score (nSPS) is 14.7. The van der Waals surface area contributed by atoms with Gasteiger partial charge in [0, 0.05) is 66.4 Å². The predicted octanol–water partition coefficient (Wildman–Crippen LogP) is 5.07. The topological polar surface area (TPSA) is 89.2 Å². The smallest absolute Gasteiger partial charge is 0.228 e. The summed E-state index contributed by atoms with van der Waals surface area (Å²) >= 11 is 1.67. The number of carbonyl (C=O) groups excluding carboxylic acids is 1. The molecule has 6 rings (SSSR count). The number of rotatable bonds is 9. The van der Waals surface area contributed by atoms with Gasteiger partial charge in [-0.15, -0.1) is 11.3 Å². The fourth-order valence-electron chi connectivity index (χ4n) is 5.05. The molecule has 0 atom stereocenters. The van der Waals surface area contributed by atoms with E-state index in [1.807, 2.05) is 54.9 Å². The van der Waals surface area contributed by atoms with Crippen LogP contribution in [0.2, 0.25) is 0 Å². The van der Waals surface area contributed by atoms with E-state index in [0.717, 1.165) is 88.5 Å². The first-order valence-electron chi connectivity index (χ1n) is 13.5. The van der Waals surface area contributed by atoms with Crippen molar-refractivity contribution < 1.29 is 4.79 Å². The lowest BCUT2D eigenvalue weighted by molar-refractivity contribution is -0.115. The maximum absolute atomic E-state index is 12.8.